The number of rotatable bonds is 7. The summed E-state index contributed by atoms with van der Waals surface area (Å²) in [6.45, 7) is 3.71. The second-order valence-electron chi connectivity index (χ2n) is 3.97. The van der Waals surface area contributed by atoms with Crippen LogP contribution in [0.25, 0.3) is 0 Å². The number of nitrogens with zero attached hydrogens (tertiary/aromatic N) is 1. The fraction of sp³-hybridized carbons (Fsp3) is 0.462. The summed E-state index contributed by atoms with van der Waals surface area (Å²) < 4.78 is 0.993. The average Bonchev–Trinajstić information content (AvgIpc) is 2.28. The van der Waals surface area contributed by atoms with Gasteiger partial charge in [-0.15, -0.1) is 6.58 Å². The number of allylic oxidation sites excluding steroid dienone is 1. The summed E-state index contributed by atoms with van der Waals surface area (Å²) in [6.07, 6.45) is 11.3. The summed E-state index contributed by atoms with van der Waals surface area (Å²) in [5, 5.41) is 0. The minimum absolute atomic E-state index is 0.105. The first-order valence-electron chi connectivity index (χ1n) is 5.71. The molecule has 0 aliphatic heterocycles. The van der Waals surface area contributed by atoms with Crippen molar-refractivity contribution in [2.45, 2.75) is 38.1 Å². The van der Waals surface area contributed by atoms with E-state index in [1.165, 1.54) is 19.3 Å². The molecule has 0 saturated carbocycles. The van der Waals surface area contributed by atoms with Crippen LogP contribution in [-0.4, -0.2) is 4.98 Å². The van der Waals surface area contributed by atoms with E-state index in [1.807, 2.05) is 18.3 Å². The zero-order valence-electron chi connectivity index (χ0n) is 9.53. The summed E-state index contributed by atoms with van der Waals surface area (Å²) in [5.41, 5.74) is 7.21. The van der Waals surface area contributed by atoms with Crippen LogP contribution in [0.15, 0.2) is 35.6 Å². The van der Waals surface area contributed by atoms with Crippen LogP contribution in [0.2, 0.25) is 0 Å². The fourth-order valence-corrected chi connectivity index (χ4v) is 2.01. The Labute approximate surface area is 106 Å². The summed E-state index contributed by atoms with van der Waals surface area (Å²) in [4.78, 5) is 4.12. The fourth-order valence-electron chi connectivity index (χ4n) is 1.63. The number of aromatic nitrogens is 1. The topological polar surface area (TPSA) is 38.9 Å². The van der Waals surface area contributed by atoms with Crippen LogP contribution in [0.1, 0.15) is 43.7 Å². The quantitative estimate of drug-likeness (QED) is 0.607. The summed E-state index contributed by atoms with van der Waals surface area (Å²) in [5.74, 6) is 0. The molecule has 2 nitrogen and oxygen atoms in total. The zero-order valence-corrected chi connectivity index (χ0v) is 11.1. The van der Waals surface area contributed by atoms with Gasteiger partial charge in [0.1, 0.15) is 0 Å². The Kier molecular flexibility index (Phi) is 6.34. The minimum atomic E-state index is 0.105. The molecule has 1 heterocycles. The van der Waals surface area contributed by atoms with Crippen molar-refractivity contribution >= 4 is 15.9 Å². The van der Waals surface area contributed by atoms with Gasteiger partial charge in [-0.05, 0) is 46.8 Å². The minimum Gasteiger partial charge on any atom is -0.324 e. The van der Waals surface area contributed by atoms with Gasteiger partial charge in [0.2, 0.25) is 0 Å². The van der Waals surface area contributed by atoms with Crippen molar-refractivity contribution in [3.8, 4) is 0 Å². The lowest BCUT2D eigenvalue weighted by Gasteiger charge is -2.11. The number of halogens is 1. The Bertz CT molecular complexity index is 325. The smallest absolute Gasteiger partial charge is 0.0410 e. The molecule has 0 bridgehead atoms. The number of hydrogen-bond acceptors (Lipinski definition) is 2. The summed E-state index contributed by atoms with van der Waals surface area (Å²) >= 11 is 3.40. The maximum Gasteiger partial charge on any atom is 0.0410 e. The Hall–Kier alpha value is -0.670. The molecule has 1 aromatic rings. The molecule has 0 saturated heterocycles. The van der Waals surface area contributed by atoms with Gasteiger partial charge >= 0.3 is 0 Å². The van der Waals surface area contributed by atoms with Gasteiger partial charge in [0, 0.05) is 22.9 Å². The first kappa shape index (κ1) is 13.4. The van der Waals surface area contributed by atoms with Gasteiger partial charge in [0.15, 0.2) is 0 Å². The van der Waals surface area contributed by atoms with E-state index in [2.05, 4.69) is 27.5 Å². The van der Waals surface area contributed by atoms with Crippen LogP contribution in [0.3, 0.4) is 0 Å². The molecule has 88 valence electrons. The van der Waals surface area contributed by atoms with Gasteiger partial charge in [-0.1, -0.05) is 18.9 Å². The molecule has 0 aliphatic carbocycles. The number of pyridine rings is 1. The van der Waals surface area contributed by atoms with E-state index < -0.39 is 0 Å². The van der Waals surface area contributed by atoms with Crippen molar-refractivity contribution < 1.29 is 0 Å². The van der Waals surface area contributed by atoms with Crippen molar-refractivity contribution in [3.05, 3.63) is 41.2 Å². The number of nitrogens with two attached hydrogens (primary N) is 1. The van der Waals surface area contributed by atoms with E-state index in [-0.39, 0.29) is 6.04 Å². The normalized spacial score (nSPS) is 12.4. The molecule has 0 fully saturated rings. The van der Waals surface area contributed by atoms with Crippen molar-refractivity contribution in [1.29, 1.82) is 0 Å². The lowest BCUT2D eigenvalue weighted by Crippen LogP contribution is -2.10. The van der Waals surface area contributed by atoms with Gasteiger partial charge in [-0.2, -0.15) is 0 Å². The Morgan fingerprint density at radius 3 is 2.88 bits per heavy atom. The van der Waals surface area contributed by atoms with Crippen LogP contribution in [0, 0.1) is 0 Å². The predicted octanol–water partition coefficient (Wildman–Crippen LogP) is 3.98. The molecule has 1 aromatic heterocycles. The second-order valence-corrected chi connectivity index (χ2v) is 4.89. The number of unbranched alkanes of at least 4 members (excludes halogenated alkanes) is 3. The third-order valence-electron chi connectivity index (χ3n) is 2.58. The number of hydrogen-bond donors (Lipinski definition) is 1. The molecule has 0 amide bonds. The van der Waals surface area contributed by atoms with Crippen LogP contribution < -0.4 is 5.73 Å². The van der Waals surface area contributed by atoms with E-state index in [1.54, 1.807) is 6.20 Å². The third kappa shape index (κ3) is 4.90. The molecule has 1 unspecified atom stereocenters. The predicted molar refractivity (Wildman–Crippen MR) is 72.1 cm³/mol. The van der Waals surface area contributed by atoms with E-state index in [0.29, 0.717) is 0 Å². The molecule has 0 radical (unpaired) electrons. The van der Waals surface area contributed by atoms with Gasteiger partial charge in [-0.25, -0.2) is 0 Å². The first-order valence-corrected chi connectivity index (χ1v) is 6.50. The van der Waals surface area contributed by atoms with E-state index >= 15 is 0 Å². The largest absolute Gasteiger partial charge is 0.324 e. The maximum absolute atomic E-state index is 6.10. The third-order valence-corrected chi connectivity index (χ3v) is 3.01. The maximum atomic E-state index is 6.10. The molecule has 1 atom stereocenters. The molecule has 2 N–H and O–H groups in total. The van der Waals surface area contributed by atoms with Gasteiger partial charge in [0.05, 0.1) is 0 Å². The SMILES string of the molecule is C=CCCCCCC(N)c1cncc(Br)c1. The summed E-state index contributed by atoms with van der Waals surface area (Å²) in [7, 11) is 0. The molecular weight excluding hydrogens is 264 g/mol. The van der Waals surface area contributed by atoms with Gasteiger partial charge in [-0.3, -0.25) is 4.98 Å². The summed E-state index contributed by atoms with van der Waals surface area (Å²) in [6, 6.07) is 2.15. The Balaban J connectivity index is 2.29. The Morgan fingerprint density at radius 2 is 2.19 bits per heavy atom. The highest BCUT2D eigenvalue weighted by Crippen LogP contribution is 2.19. The highest BCUT2D eigenvalue weighted by molar-refractivity contribution is 9.10. The highest BCUT2D eigenvalue weighted by atomic mass is 79.9. The molecule has 1 rings (SSSR count). The molecule has 0 spiro atoms. The van der Waals surface area contributed by atoms with E-state index in [9.17, 15) is 0 Å². The van der Waals surface area contributed by atoms with Crippen molar-refractivity contribution in [2.75, 3.05) is 0 Å². The standard InChI is InChI=1S/C13H19BrN2/c1-2-3-4-5-6-7-13(15)11-8-12(14)10-16-9-11/h2,8-10,13H,1,3-7,15H2. The van der Waals surface area contributed by atoms with Crippen molar-refractivity contribution in [2.24, 2.45) is 5.73 Å². The highest BCUT2D eigenvalue weighted by Gasteiger charge is 2.06. The van der Waals surface area contributed by atoms with Crippen LogP contribution in [0.4, 0.5) is 0 Å². The van der Waals surface area contributed by atoms with Crippen molar-refractivity contribution in [3.63, 3.8) is 0 Å². The van der Waals surface area contributed by atoms with E-state index in [0.717, 1.165) is 22.9 Å². The lowest BCUT2D eigenvalue weighted by molar-refractivity contribution is 0.571. The molecule has 3 heteroatoms. The van der Waals surface area contributed by atoms with Gasteiger partial charge < -0.3 is 5.73 Å². The molecule has 0 aromatic carbocycles. The molecule has 0 aliphatic rings. The second kappa shape index (κ2) is 7.58. The first-order chi connectivity index (χ1) is 7.74. The zero-order chi connectivity index (χ0) is 11.8. The Morgan fingerprint density at radius 1 is 1.38 bits per heavy atom. The average molecular weight is 283 g/mol. The lowest BCUT2D eigenvalue weighted by atomic mass is 10.0. The van der Waals surface area contributed by atoms with Crippen LogP contribution >= 0.6 is 15.9 Å². The van der Waals surface area contributed by atoms with Gasteiger partial charge in [0.25, 0.3) is 0 Å². The monoisotopic (exact) mass is 282 g/mol. The van der Waals surface area contributed by atoms with Crippen LogP contribution in [0.5, 0.6) is 0 Å². The molecular formula is C13H19BrN2. The molecule has 16 heavy (non-hydrogen) atoms. The van der Waals surface area contributed by atoms with Crippen LogP contribution in [-0.2, 0) is 0 Å². The van der Waals surface area contributed by atoms with E-state index in [4.69, 9.17) is 5.73 Å². The van der Waals surface area contributed by atoms with Crippen molar-refractivity contribution in [1.82, 2.24) is 4.98 Å².